The number of ether oxygens (including phenoxy) is 2. The molecule has 186 valence electrons. The predicted molar refractivity (Wildman–Crippen MR) is 137 cm³/mol. The molecule has 7 nitrogen and oxygen atoms in total. The number of aromatic nitrogens is 3. The van der Waals surface area contributed by atoms with Gasteiger partial charge in [-0.25, -0.2) is 13.9 Å². The fourth-order valence-corrected chi connectivity index (χ4v) is 4.38. The Morgan fingerprint density at radius 2 is 1.78 bits per heavy atom. The van der Waals surface area contributed by atoms with Gasteiger partial charge in [0.1, 0.15) is 30.3 Å². The summed E-state index contributed by atoms with van der Waals surface area (Å²) in [7, 11) is 7.64. The number of hydrogen-bond acceptors (Lipinski definition) is 6. The summed E-state index contributed by atoms with van der Waals surface area (Å²) in [6.07, 6.45) is 1.68. The van der Waals surface area contributed by atoms with Crippen molar-refractivity contribution in [1.82, 2.24) is 15.0 Å². The molecule has 0 saturated carbocycles. The third kappa shape index (κ3) is 6.10. The Hall–Kier alpha value is -3.69. The van der Waals surface area contributed by atoms with Gasteiger partial charge in [-0.05, 0) is 42.5 Å². The first kappa shape index (κ1) is 25.4. The van der Waals surface area contributed by atoms with Crippen molar-refractivity contribution < 1.29 is 23.1 Å². The number of para-hydroxylation sites is 1. The summed E-state index contributed by atoms with van der Waals surface area (Å²) in [6.45, 7) is 1.11. The molecule has 4 aromatic rings. The average Bonchev–Trinajstić information content (AvgIpc) is 3.33. The van der Waals surface area contributed by atoms with E-state index in [0.717, 1.165) is 26.4 Å². The molecule has 9 heteroatoms. The zero-order chi connectivity index (χ0) is 25.7. The number of quaternary nitrogens is 1. The molecule has 0 unspecified atom stereocenters. The Bertz CT molecular complexity index is 1350. The molecular formula is C27H28FN4O3S+. The van der Waals surface area contributed by atoms with E-state index >= 15 is 0 Å². The van der Waals surface area contributed by atoms with E-state index in [1.165, 1.54) is 29.6 Å². The van der Waals surface area contributed by atoms with Crippen LogP contribution in [0.3, 0.4) is 0 Å². The van der Waals surface area contributed by atoms with Gasteiger partial charge in [0.05, 0.1) is 40.0 Å². The van der Waals surface area contributed by atoms with Crippen LogP contribution in [0.25, 0.3) is 16.9 Å². The summed E-state index contributed by atoms with van der Waals surface area (Å²) in [6, 6.07) is 19.7. The Kier molecular flexibility index (Phi) is 7.71. The largest absolute Gasteiger partial charge is 0.494 e. The number of halogens is 1. The topological polar surface area (TPSA) is 66.2 Å². The summed E-state index contributed by atoms with van der Waals surface area (Å²) < 4.78 is 27.3. The van der Waals surface area contributed by atoms with E-state index < -0.39 is 5.82 Å². The van der Waals surface area contributed by atoms with Gasteiger partial charge in [0.25, 0.3) is 0 Å². The Labute approximate surface area is 214 Å². The van der Waals surface area contributed by atoms with Crippen molar-refractivity contribution in [1.29, 1.82) is 0 Å². The lowest BCUT2D eigenvalue weighted by atomic mass is 10.2. The van der Waals surface area contributed by atoms with Crippen LogP contribution in [0.15, 0.2) is 82.7 Å². The first-order valence-electron chi connectivity index (χ1n) is 11.4. The molecule has 0 fully saturated rings. The number of esters is 1. The summed E-state index contributed by atoms with van der Waals surface area (Å²) in [5.41, 5.74) is 2.16. The van der Waals surface area contributed by atoms with Crippen molar-refractivity contribution in [3.8, 4) is 22.7 Å². The van der Waals surface area contributed by atoms with Crippen molar-refractivity contribution in [2.45, 2.75) is 9.79 Å². The van der Waals surface area contributed by atoms with E-state index in [-0.39, 0.29) is 11.7 Å². The fourth-order valence-electron chi connectivity index (χ4n) is 3.43. The number of nitrogens with zero attached hydrogens (tertiary/aromatic N) is 4. The first-order chi connectivity index (χ1) is 17.2. The molecular weight excluding hydrogens is 479 g/mol. The minimum Gasteiger partial charge on any atom is -0.494 e. The third-order valence-electron chi connectivity index (χ3n) is 5.37. The summed E-state index contributed by atoms with van der Waals surface area (Å²) in [5.74, 6) is -0.421. The molecule has 4 rings (SSSR count). The third-order valence-corrected chi connectivity index (χ3v) is 6.45. The maximum Gasteiger partial charge on any atom is 0.338 e. The van der Waals surface area contributed by atoms with Gasteiger partial charge in [0.2, 0.25) is 0 Å². The standard InChI is InChI=1S/C27H28FN4O3S/c1-32(2,3)16-17-35-27(33)19-12-14-20(15-13-19)36-25-11-6-5-8-21(25)23-18-31(30-29-23)26-22(28)9-7-10-24(26)34-4/h5-15,18H,16-17H2,1-4H3/q+1. The van der Waals surface area contributed by atoms with E-state index in [4.69, 9.17) is 9.47 Å². The van der Waals surface area contributed by atoms with Crippen molar-refractivity contribution >= 4 is 17.7 Å². The van der Waals surface area contributed by atoms with Crippen LogP contribution < -0.4 is 4.74 Å². The molecule has 0 amide bonds. The van der Waals surface area contributed by atoms with Crippen LogP contribution in [0.4, 0.5) is 4.39 Å². The van der Waals surface area contributed by atoms with E-state index in [1.807, 2.05) is 36.4 Å². The summed E-state index contributed by atoms with van der Waals surface area (Å²) >= 11 is 1.54. The minimum absolute atomic E-state index is 0.202. The molecule has 0 atom stereocenters. The molecule has 0 aliphatic carbocycles. The van der Waals surface area contributed by atoms with Crippen molar-refractivity contribution in [2.75, 3.05) is 41.4 Å². The summed E-state index contributed by atoms with van der Waals surface area (Å²) in [5, 5.41) is 8.42. The number of methoxy groups -OCH3 is 1. The highest BCUT2D eigenvalue weighted by Gasteiger charge is 2.17. The molecule has 0 saturated heterocycles. The Balaban J connectivity index is 1.51. The lowest BCUT2D eigenvalue weighted by molar-refractivity contribution is -0.870. The second kappa shape index (κ2) is 10.9. The first-order valence-corrected chi connectivity index (χ1v) is 12.2. The fraction of sp³-hybridized carbons (Fsp3) is 0.222. The number of benzene rings is 3. The minimum atomic E-state index is -0.454. The highest BCUT2D eigenvalue weighted by Crippen LogP contribution is 2.36. The van der Waals surface area contributed by atoms with Crippen molar-refractivity contribution in [2.24, 2.45) is 0 Å². The van der Waals surface area contributed by atoms with E-state index in [9.17, 15) is 9.18 Å². The summed E-state index contributed by atoms with van der Waals surface area (Å²) in [4.78, 5) is 14.2. The highest BCUT2D eigenvalue weighted by atomic mass is 32.2. The zero-order valence-electron chi connectivity index (χ0n) is 20.6. The van der Waals surface area contributed by atoms with Crippen LogP contribution in [-0.4, -0.2) is 66.9 Å². The smallest absolute Gasteiger partial charge is 0.338 e. The van der Waals surface area contributed by atoms with Crippen LogP contribution in [0.2, 0.25) is 0 Å². The zero-order valence-corrected chi connectivity index (χ0v) is 21.5. The lowest BCUT2D eigenvalue weighted by Gasteiger charge is -2.23. The molecule has 0 aliphatic heterocycles. The Morgan fingerprint density at radius 1 is 1.03 bits per heavy atom. The Morgan fingerprint density at radius 3 is 2.50 bits per heavy atom. The number of rotatable bonds is 9. The van der Waals surface area contributed by atoms with Crippen LogP contribution >= 0.6 is 11.8 Å². The molecule has 1 heterocycles. The van der Waals surface area contributed by atoms with Gasteiger partial charge >= 0.3 is 5.97 Å². The maximum atomic E-state index is 14.5. The predicted octanol–water partition coefficient (Wildman–Crippen LogP) is 5.10. The number of carbonyl (C=O) groups excluding carboxylic acids is 1. The van der Waals surface area contributed by atoms with Gasteiger partial charge in [-0.1, -0.05) is 41.2 Å². The molecule has 3 aromatic carbocycles. The van der Waals surface area contributed by atoms with Gasteiger partial charge in [-0.15, -0.1) is 5.10 Å². The molecule has 1 aromatic heterocycles. The van der Waals surface area contributed by atoms with E-state index in [2.05, 4.69) is 31.5 Å². The van der Waals surface area contributed by atoms with Crippen LogP contribution in [0.1, 0.15) is 10.4 Å². The highest BCUT2D eigenvalue weighted by molar-refractivity contribution is 7.99. The molecule has 0 radical (unpaired) electrons. The number of carbonyl (C=O) groups is 1. The molecule has 0 spiro atoms. The van der Waals surface area contributed by atoms with Gasteiger partial charge in [0, 0.05) is 15.4 Å². The quantitative estimate of drug-likeness (QED) is 0.232. The second-order valence-corrected chi connectivity index (χ2v) is 10.2. The molecule has 0 aliphatic rings. The molecule has 0 bridgehead atoms. The van der Waals surface area contributed by atoms with Crippen LogP contribution in [0.5, 0.6) is 5.75 Å². The van der Waals surface area contributed by atoms with Gasteiger partial charge in [-0.2, -0.15) is 0 Å². The molecule has 0 N–H and O–H groups in total. The maximum absolute atomic E-state index is 14.5. The van der Waals surface area contributed by atoms with Crippen molar-refractivity contribution in [3.63, 3.8) is 0 Å². The van der Waals surface area contributed by atoms with Gasteiger partial charge in [-0.3, -0.25) is 0 Å². The molecule has 36 heavy (non-hydrogen) atoms. The van der Waals surface area contributed by atoms with Crippen LogP contribution in [-0.2, 0) is 4.74 Å². The monoisotopic (exact) mass is 507 g/mol. The second-order valence-electron chi connectivity index (χ2n) is 9.11. The number of likely N-dealkylation sites (N-methyl/N-ethyl adjacent to an activating group) is 1. The van der Waals surface area contributed by atoms with Gasteiger partial charge in [0.15, 0.2) is 5.82 Å². The lowest BCUT2D eigenvalue weighted by Crippen LogP contribution is -2.38. The van der Waals surface area contributed by atoms with E-state index in [1.54, 1.807) is 30.5 Å². The van der Waals surface area contributed by atoms with E-state index in [0.29, 0.717) is 23.6 Å². The SMILES string of the molecule is COc1cccc(F)c1-n1cc(-c2ccccc2Sc2ccc(C(=O)OCC[N+](C)(C)C)cc2)nn1. The normalized spacial score (nSPS) is 11.4. The van der Waals surface area contributed by atoms with Gasteiger partial charge < -0.3 is 14.0 Å². The van der Waals surface area contributed by atoms with Crippen molar-refractivity contribution in [3.05, 3.63) is 84.3 Å². The van der Waals surface area contributed by atoms with Crippen LogP contribution in [0, 0.1) is 5.82 Å². The average molecular weight is 508 g/mol. The number of hydrogen-bond donors (Lipinski definition) is 0.